The van der Waals surface area contributed by atoms with Gasteiger partial charge >= 0.3 is 0 Å². The van der Waals surface area contributed by atoms with Gasteiger partial charge in [0.1, 0.15) is 0 Å². The molecule has 1 aliphatic rings. The lowest BCUT2D eigenvalue weighted by Gasteiger charge is -2.03. The number of rotatable bonds is 32. The average molecular weight is 601 g/mol. The van der Waals surface area contributed by atoms with Crippen molar-refractivity contribution in [2.45, 2.75) is 212 Å². The summed E-state index contributed by atoms with van der Waals surface area (Å²) in [4.78, 5) is 24.3. The molecule has 1 saturated carbocycles. The molecular formula is C39H72N2O2. The average Bonchev–Trinajstić information content (AvgIpc) is 3.73. The summed E-state index contributed by atoms with van der Waals surface area (Å²) in [5.74, 6) is -0.0659. The van der Waals surface area contributed by atoms with Crippen molar-refractivity contribution < 1.29 is 9.59 Å². The van der Waals surface area contributed by atoms with E-state index >= 15 is 0 Å². The van der Waals surface area contributed by atoms with Gasteiger partial charge in [-0.3, -0.25) is 9.59 Å². The van der Waals surface area contributed by atoms with Crippen LogP contribution in [0.3, 0.4) is 0 Å². The molecule has 2 amide bonds. The molecule has 2 atom stereocenters. The van der Waals surface area contributed by atoms with E-state index in [1.54, 1.807) is 12.2 Å². The quantitative estimate of drug-likeness (QED) is 0.0596. The van der Waals surface area contributed by atoms with E-state index in [0.717, 1.165) is 32.1 Å². The minimum absolute atomic E-state index is 0.0330. The molecule has 2 N–H and O–H groups in total. The van der Waals surface area contributed by atoms with Gasteiger partial charge in [0.15, 0.2) is 0 Å². The van der Waals surface area contributed by atoms with Crippen LogP contribution in [0.4, 0.5) is 0 Å². The number of carbonyl (C=O) groups is 2. The Morgan fingerprint density at radius 1 is 0.442 bits per heavy atom. The topological polar surface area (TPSA) is 58.2 Å². The molecule has 0 aromatic heterocycles. The van der Waals surface area contributed by atoms with Crippen molar-refractivity contribution >= 4 is 11.8 Å². The third-order valence-corrected chi connectivity index (χ3v) is 8.93. The molecule has 0 saturated heterocycles. The number of nitrogens with one attached hydrogen (secondary N) is 2. The zero-order chi connectivity index (χ0) is 31.1. The first-order valence-electron chi connectivity index (χ1n) is 19.1. The molecule has 0 aromatic rings. The van der Waals surface area contributed by atoms with E-state index in [2.05, 4.69) is 24.5 Å². The summed E-state index contributed by atoms with van der Waals surface area (Å²) in [5.41, 5.74) is 0. The predicted octanol–water partition coefficient (Wildman–Crippen LogP) is 11.4. The van der Waals surface area contributed by atoms with Gasteiger partial charge in [-0.25, -0.2) is 0 Å². The van der Waals surface area contributed by atoms with Crippen molar-refractivity contribution in [1.29, 1.82) is 0 Å². The second-order valence-corrected chi connectivity index (χ2v) is 13.3. The standard InChI is InChI=1S/C39H72N2O2/c1-3-5-7-9-11-13-15-17-19-21-23-25-27-29-31-33-38(42)40-36-35-37(36)41-39(43)34-32-30-28-26-24-22-20-18-16-14-12-10-8-6-4-2/h31-34,36-37H,3-30,35H2,1-2H3,(H,40,42)(H,41,43)/b33-31+,34-32+/t36-,37-/m1/s1. The number of amides is 2. The smallest absolute Gasteiger partial charge is 0.243 e. The SMILES string of the molecule is CCCCCCCCCCCCCCC/C=C/C(=O)N[C@@H]1C[C@H]1NC(=O)/C=C/CCCCCCCCCCCCCCC. The Kier molecular flexibility index (Phi) is 27.9. The maximum absolute atomic E-state index is 12.2. The highest BCUT2D eigenvalue weighted by Gasteiger charge is 2.38. The Balaban J connectivity index is 1.86. The van der Waals surface area contributed by atoms with Crippen LogP contribution in [0.2, 0.25) is 0 Å². The van der Waals surface area contributed by atoms with Gasteiger partial charge in [-0.05, 0) is 44.3 Å². The first-order chi connectivity index (χ1) is 21.2. The van der Waals surface area contributed by atoms with Crippen LogP contribution < -0.4 is 10.6 Å². The number of unbranched alkanes of at least 4 members (excludes halogenated alkanes) is 26. The van der Waals surface area contributed by atoms with Crippen molar-refractivity contribution in [3.05, 3.63) is 24.3 Å². The lowest BCUT2D eigenvalue weighted by molar-refractivity contribution is -0.118. The number of allylic oxidation sites excluding steroid dienone is 2. The van der Waals surface area contributed by atoms with Crippen molar-refractivity contribution in [2.75, 3.05) is 0 Å². The van der Waals surface area contributed by atoms with Crippen LogP contribution in [0.15, 0.2) is 24.3 Å². The van der Waals surface area contributed by atoms with E-state index in [0.29, 0.717) is 0 Å². The van der Waals surface area contributed by atoms with Crippen molar-refractivity contribution in [3.63, 3.8) is 0 Å². The summed E-state index contributed by atoms with van der Waals surface area (Å²) < 4.78 is 0. The Morgan fingerprint density at radius 3 is 0.977 bits per heavy atom. The molecule has 0 aromatic carbocycles. The summed E-state index contributed by atoms with van der Waals surface area (Å²) in [6, 6.07) is 0.152. The molecule has 0 aliphatic heterocycles. The zero-order valence-electron chi connectivity index (χ0n) is 28.8. The fourth-order valence-corrected chi connectivity index (χ4v) is 5.92. The number of carbonyl (C=O) groups excluding carboxylic acids is 2. The molecule has 1 aliphatic carbocycles. The first kappa shape index (κ1) is 39.4. The number of hydrogen-bond donors (Lipinski definition) is 2. The highest BCUT2D eigenvalue weighted by atomic mass is 16.2. The minimum Gasteiger partial charge on any atom is -0.348 e. The van der Waals surface area contributed by atoms with Gasteiger partial charge in [0.05, 0.1) is 12.1 Å². The molecule has 0 heterocycles. The first-order valence-corrected chi connectivity index (χ1v) is 19.1. The molecule has 0 bridgehead atoms. The predicted molar refractivity (Wildman–Crippen MR) is 187 cm³/mol. The van der Waals surface area contributed by atoms with E-state index in [9.17, 15) is 9.59 Å². The normalized spacial score (nSPS) is 16.3. The van der Waals surface area contributed by atoms with Crippen LogP contribution in [0, 0.1) is 0 Å². The third-order valence-electron chi connectivity index (χ3n) is 8.93. The second kappa shape index (κ2) is 30.4. The fraction of sp³-hybridized carbons (Fsp3) is 0.846. The summed E-state index contributed by atoms with van der Waals surface area (Å²) >= 11 is 0. The highest BCUT2D eigenvalue weighted by molar-refractivity contribution is 5.89. The van der Waals surface area contributed by atoms with Crippen LogP contribution in [0.1, 0.15) is 200 Å². The van der Waals surface area contributed by atoms with Gasteiger partial charge < -0.3 is 10.6 Å². The van der Waals surface area contributed by atoms with E-state index < -0.39 is 0 Å². The molecule has 43 heavy (non-hydrogen) atoms. The molecule has 1 fully saturated rings. The Hall–Kier alpha value is -1.58. The van der Waals surface area contributed by atoms with Gasteiger partial charge in [0, 0.05) is 0 Å². The maximum atomic E-state index is 12.2. The van der Waals surface area contributed by atoms with Crippen LogP contribution in [0.5, 0.6) is 0 Å². The lowest BCUT2D eigenvalue weighted by Crippen LogP contribution is -2.33. The van der Waals surface area contributed by atoms with Crippen LogP contribution in [0.25, 0.3) is 0 Å². The van der Waals surface area contributed by atoms with E-state index in [-0.39, 0.29) is 23.9 Å². The minimum atomic E-state index is -0.0330. The lowest BCUT2D eigenvalue weighted by atomic mass is 10.0. The fourth-order valence-electron chi connectivity index (χ4n) is 5.92. The molecule has 0 spiro atoms. The molecule has 1 rings (SSSR count). The second-order valence-electron chi connectivity index (χ2n) is 13.3. The summed E-state index contributed by atoms with van der Waals surface area (Å²) in [6.07, 6.45) is 45.5. The van der Waals surface area contributed by atoms with Gasteiger partial charge in [-0.2, -0.15) is 0 Å². The van der Waals surface area contributed by atoms with Gasteiger partial charge in [-0.15, -0.1) is 0 Å². The summed E-state index contributed by atoms with van der Waals surface area (Å²) in [7, 11) is 0. The van der Waals surface area contributed by atoms with Crippen LogP contribution >= 0.6 is 0 Å². The largest absolute Gasteiger partial charge is 0.348 e. The molecule has 4 nitrogen and oxygen atoms in total. The molecule has 0 radical (unpaired) electrons. The summed E-state index contributed by atoms with van der Waals surface area (Å²) in [6.45, 7) is 4.56. The molecule has 4 heteroatoms. The van der Waals surface area contributed by atoms with Crippen LogP contribution in [-0.4, -0.2) is 23.9 Å². The third kappa shape index (κ3) is 27.7. The molecule has 250 valence electrons. The van der Waals surface area contributed by atoms with Crippen LogP contribution in [-0.2, 0) is 9.59 Å². The highest BCUT2D eigenvalue weighted by Crippen LogP contribution is 2.21. The molecular weight excluding hydrogens is 528 g/mol. The van der Waals surface area contributed by atoms with E-state index in [1.165, 1.54) is 154 Å². The van der Waals surface area contributed by atoms with Gasteiger partial charge in [-0.1, -0.05) is 180 Å². The van der Waals surface area contributed by atoms with Gasteiger partial charge in [0.2, 0.25) is 11.8 Å². The maximum Gasteiger partial charge on any atom is 0.243 e. The Bertz CT molecular complexity index is 643. The molecule has 0 unspecified atom stereocenters. The van der Waals surface area contributed by atoms with E-state index in [1.807, 2.05) is 12.2 Å². The monoisotopic (exact) mass is 601 g/mol. The Labute approximate surface area is 268 Å². The summed E-state index contributed by atoms with van der Waals surface area (Å²) in [5, 5.41) is 6.03. The van der Waals surface area contributed by atoms with E-state index in [4.69, 9.17) is 0 Å². The Morgan fingerprint density at radius 2 is 0.698 bits per heavy atom. The van der Waals surface area contributed by atoms with Crippen molar-refractivity contribution in [1.82, 2.24) is 10.6 Å². The zero-order valence-corrected chi connectivity index (χ0v) is 28.8. The van der Waals surface area contributed by atoms with Crippen molar-refractivity contribution in [2.24, 2.45) is 0 Å². The van der Waals surface area contributed by atoms with Crippen molar-refractivity contribution in [3.8, 4) is 0 Å². The number of hydrogen-bond acceptors (Lipinski definition) is 2. The van der Waals surface area contributed by atoms with Gasteiger partial charge in [0.25, 0.3) is 0 Å².